The molecule has 16 heteroatoms. The Morgan fingerprint density at radius 1 is 0.290 bits per heavy atom. The summed E-state index contributed by atoms with van der Waals surface area (Å²) < 4.78 is 0. The van der Waals surface area contributed by atoms with Gasteiger partial charge in [0, 0.05) is 0 Å². The monoisotopic (exact) mass is 842 g/mol. The zero-order valence-corrected chi connectivity index (χ0v) is 33.5. The van der Waals surface area contributed by atoms with Gasteiger partial charge < -0.3 is 0 Å². The number of rotatable bonds is 18. The number of hydroxylamine groups is 8. The van der Waals surface area contributed by atoms with Gasteiger partial charge >= 0.3 is 24.1 Å². The predicted octanol–water partition coefficient (Wildman–Crippen LogP) is 8.21. The van der Waals surface area contributed by atoms with Crippen LogP contribution in [0.4, 0.5) is 19.2 Å². The van der Waals surface area contributed by atoms with Crippen LogP contribution >= 0.6 is 0 Å². The van der Waals surface area contributed by atoms with E-state index in [0.717, 1.165) is 33.4 Å². The highest BCUT2D eigenvalue weighted by Crippen LogP contribution is 2.08. The molecule has 4 N–H and O–H groups in total. The van der Waals surface area contributed by atoms with Crippen LogP contribution in [0.25, 0.3) is 0 Å². The van der Waals surface area contributed by atoms with E-state index >= 15 is 0 Å². The third-order valence-electron chi connectivity index (χ3n) is 8.11. The first-order valence-corrected chi connectivity index (χ1v) is 19.2. The molecule has 0 heterocycles. The molecule has 0 aliphatic rings. The van der Waals surface area contributed by atoms with Gasteiger partial charge in [-0.15, -0.1) is 10.1 Å². The average Bonchev–Trinajstić information content (AvgIpc) is 3.31. The highest BCUT2D eigenvalue weighted by molar-refractivity contribution is 5.91. The Morgan fingerprint density at radius 3 is 0.661 bits per heavy atom. The largest absolute Gasteiger partial charge is 0.374 e. The van der Waals surface area contributed by atoms with Gasteiger partial charge in [0.2, 0.25) is 0 Å². The van der Waals surface area contributed by atoms with E-state index in [0.29, 0.717) is 10.1 Å². The van der Waals surface area contributed by atoms with Crippen LogP contribution in [-0.4, -0.2) is 34.3 Å². The summed E-state index contributed by atoms with van der Waals surface area (Å²) in [4.78, 5) is 81.5. The number of urea groups is 4. The molecule has 6 aromatic carbocycles. The molecule has 0 unspecified atom stereocenters. The molecule has 62 heavy (non-hydrogen) atoms. The van der Waals surface area contributed by atoms with E-state index in [2.05, 4.69) is 21.9 Å². The van der Waals surface area contributed by atoms with E-state index in [1.165, 1.54) is 0 Å². The van der Waals surface area contributed by atoms with Crippen molar-refractivity contribution in [3.63, 3.8) is 0 Å². The number of amides is 8. The Labute approximate surface area is 358 Å². The van der Waals surface area contributed by atoms with Crippen molar-refractivity contribution in [2.24, 2.45) is 0 Å². The SMILES string of the molecule is O=C(NOCc1ccccc1)N(OCc1ccccc1)C(=O)NOCc1ccccc1.O=C(NOCc1ccccc1)N(OCc1ccccc1)C(=O)NOCc1ccccc1. The van der Waals surface area contributed by atoms with Gasteiger partial charge in [-0.2, -0.15) is 0 Å². The maximum absolute atomic E-state index is 12.5. The lowest BCUT2D eigenvalue weighted by molar-refractivity contribution is -0.114. The minimum atomic E-state index is -0.896. The molecule has 0 fully saturated rings. The Hall–Kier alpha value is -7.44. The Balaban J connectivity index is 0.000000234. The van der Waals surface area contributed by atoms with Crippen LogP contribution < -0.4 is 21.9 Å². The lowest BCUT2D eigenvalue weighted by Crippen LogP contribution is -2.48. The Bertz CT molecular complexity index is 1920. The topological polar surface area (TPSA) is 178 Å². The maximum Gasteiger partial charge on any atom is 0.374 e. The summed E-state index contributed by atoms with van der Waals surface area (Å²) in [6, 6.07) is 51.8. The fourth-order valence-electron chi connectivity index (χ4n) is 5.03. The average molecular weight is 843 g/mol. The Morgan fingerprint density at radius 2 is 0.468 bits per heavy atom. The normalized spacial score (nSPS) is 10.3. The summed E-state index contributed by atoms with van der Waals surface area (Å²) in [5.74, 6) is 0. The van der Waals surface area contributed by atoms with Crippen molar-refractivity contribution in [1.82, 2.24) is 32.0 Å². The molecule has 0 atom stereocenters. The molecule has 8 amide bonds. The summed E-state index contributed by atoms with van der Waals surface area (Å²) in [7, 11) is 0. The van der Waals surface area contributed by atoms with Crippen LogP contribution in [0.2, 0.25) is 0 Å². The highest BCUT2D eigenvalue weighted by atomic mass is 16.7. The molecule has 0 radical (unpaired) electrons. The number of hydrogen-bond donors (Lipinski definition) is 4. The van der Waals surface area contributed by atoms with E-state index in [1.807, 2.05) is 182 Å². The number of imide groups is 2. The third kappa shape index (κ3) is 17.0. The van der Waals surface area contributed by atoms with Gasteiger partial charge in [0.1, 0.15) is 13.2 Å². The first-order chi connectivity index (χ1) is 30.4. The zero-order chi connectivity index (χ0) is 43.5. The quantitative estimate of drug-likeness (QED) is 0.0617. The second-order valence-electron chi connectivity index (χ2n) is 12.8. The molecule has 0 aromatic heterocycles. The van der Waals surface area contributed by atoms with Gasteiger partial charge in [-0.05, 0) is 33.4 Å². The number of hydrogen-bond acceptors (Lipinski definition) is 10. The predicted molar refractivity (Wildman–Crippen MR) is 225 cm³/mol. The van der Waals surface area contributed by atoms with Crippen LogP contribution in [0.1, 0.15) is 33.4 Å². The van der Waals surface area contributed by atoms with E-state index in [4.69, 9.17) is 29.0 Å². The van der Waals surface area contributed by atoms with Crippen LogP contribution in [-0.2, 0) is 68.7 Å². The van der Waals surface area contributed by atoms with Crippen LogP contribution in [0.3, 0.4) is 0 Å². The first-order valence-electron chi connectivity index (χ1n) is 19.2. The van der Waals surface area contributed by atoms with E-state index in [1.54, 1.807) is 0 Å². The number of benzene rings is 6. The molecule has 0 saturated heterocycles. The fourth-order valence-corrected chi connectivity index (χ4v) is 5.03. The van der Waals surface area contributed by atoms with Gasteiger partial charge in [-0.1, -0.05) is 182 Å². The molecule has 6 rings (SSSR count). The van der Waals surface area contributed by atoms with Crippen LogP contribution in [0.15, 0.2) is 182 Å². The van der Waals surface area contributed by atoms with Crippen molar-refractivity contribution in [1.29, 1.82) is 0 Å². The lowest BCUT2D eigenvalue weighted by atomic mass is 10.2. The van der Waals surface area contributed by atoms with Crippen molar-refractivity contribution < 1.29 is 48.2 Å². The second kappa shape index (κ2) is 26.6. The molecule has 16 nitrogen and oxygen atoms in total. The van der Waals surface area contributed by atoms with Gasteiger partial charge in [-0.25, -0.2) is 41.1 Å². The summed E-state index contributed by atoms with van der Waals surface area (Å²) in [5, 5.41) is 1.03. The zero-order valence-electron chi connectivity index (χ0n) is 33.5. The molecule has 6 aromatic rings. The fraction of sp³-hybridized carbons (Fsp3) is 0.130. The van der Waals surface area contributed by atoms with E-state index < -0.39 is 24.1 Å². The van der Waals surface area contributed by atoms with Gasteiger partial charge in [0.15, 0.2) is 0 Å². The summed E-state index contributed by atoms with van der Waals surface area (Å²) in [6.45, 7) is 0.519. The number of carbonyl (C=O) groups is 4. The molecule has 0 spiro atoms. The maximum atomic E-state index is 12.5. The van der Waals surface area contributed by atoms with Gasteiger partial charge in [0.05, 0.1) is 26.4 Å². The number of nitrogens with zero attached hydrogens (tertiary/aromatic N) is 2. The lowest BCUT2D eigenvalue weighted by Gasteiger charge is -2.20. The molecular weight excluding hydrogens is 797 g/mol. The summed E-state index contributed by atoms with van der Waals surface area (Å²) in [5.41, 5.74) is 13.8. The number of carbonyl (C=O) groups excluding carboxylic acids is 4. The van der Waals surface area contributed by atoms with Gasteiger partial charge in [0.25, 0.3) is 0 Å². The minimum absolute atomic E-state index is 0.000942. The van der Waals surface area contributed by atoms with Crippen molar-refractivity contribution in [3.8, 4) is 0 Å². The molecular formula is C46H46N6O10. The second-order valence-corrected chi connectivity index (χ2v) is 12.8. The van der Waals surface area contributed by atoms with Gasteiger partial charge in [-0.3, -0.25) is 29.0 Å². The molecule has 0 bridgehead atoms. The molecule has 320 valence electrons. The standard InChI is InChI=1S/2C23H23N3O5/c2*27-22(24-29-16-19-10-4-1-5-11-19)26(31-18-21-14-8-3-9-15-21)23(28)25-30-17-20-12-6-2-7-13-20/h2*1-15H,16-18H2,(H,24,27)(H,25,28). The van der Waals surface area contributed by atoms with Crippen LogP contribution in [0.5, 0.6) is 0 Å². The first kappa shape index (κ1) is 45.6. The van der Waals surface area contributed by atoms with Crippen molar-refractivity contribution in [2.45, 2.75) is 39.6 Å². The van der Waals surface area contributed by atoms with Crippen molar-refractivity contribution >= 4 is 24.1 Å². The van der Waals surface area contributed by atoms with E-state index in [9.17, 15) is 19.2 Å². The highest BCUT2D eigenvalue weighted by Gasteiger charge is 2.25. The molecule has 0 aliphatic heterocycles. The minimum Gasteiger partial charge on any atom is -0.267 e. The van der Waals surface area contributed by atoms with E-state index in [-0.39, 0.29) is 39.6 Å². The van der Waals surface area contributed by atoms with Crippen molar-refractivity contribution in [2.75, 3.05) is 0 Å². The van der Waals surface area contributed by atoms with Crippen molar-refractivity contribution in [3.05, 3.63) is 215 Å². The number of nitrogens with one attached hydrogen (secondary N) is 4. The molecule has 0 saturated carbocycles. The molecule has 0 aliphatic carbocycles. The van der Waals surface area contributed by atoms with Crippen LogP contribution in [0, 0.1) is 0 Å². The Kier molecular flexibility index (Phi) is 19.6. The summed E-state index contributed by atoms with van der Waals surface area (Å²) >= 11 is 0. The third-order valence-corrected chi connectivity index (χ3v) is 8.11. The summed E-state index contributed by atoms with van der Waals surface area (Å²) in [6.07, 6.45) is 0. The smallest absolute Gasteiger partial charge is 0.267 e.